The number of nitrogens with zero attached hydrogens (tertiary/aromatic N) is 1. The maximum Gasteiger partial charge on any atom is 0.212 e. The minimum Gasteiger partial charge on any atom is -0.370 e. The number of ether oxygens (including phenoxy) is 1. The van der Waals surface area contributed by atoms with Crippen LogP contribution in [0.15, 0.2) is 18.3 Å². The lowest BCUT2D eigenvalue weighted by atomic mass is 10.1. The Hall–Kier alpha value is -1.29. The molecule has 0 unspecified atom stereocenters. The van der Waals surface area contributed by atoms with Crippen LogP contribution in [-0.2, 0) is 4.74 Å². The first-order valence-electron chi connectivity index (χ1n) is 4.39. The molecule has 2 rings (SSSR count). The van der Waals surface area contributed by atoms with Crippen LogP contribution in [0.2, 0.25) is 0 Å². The fourth-order valence-electron chi connectivity index (χ4n) is 1.38. The van der Waals surface area contributed by atoms with Crippen molar-refractivity contribution in [3.8, 4) is 0 Å². The molecule has 1 saturated carbocycles. The highest BCUT2D eigenvalue weighted by molar-refractivity contribution is 6.02. The Morgan fingerprint density at radius 2 is 2.29 bits per heavy atom. The molecule has 1 aliphatic carbocycles. The van der Waals surface area contributed by atoms with Crippen molar-refractivity contribution < 1.29 is 13.9 Å². The average molecular weight is 195 g/mol. The van der Waals surface area contributed by atoms with Gasteiger partial charge in [0.15, 0.2) is 0 Å². The van der Waals surface area contributed by atoms with E-state index in [0.29, 0.717) is 0 Å². The van der Waals surface area contributed by atoms with Crippen molar-refractivity contribution in [2.75, 3.05) is 7.11 Å². The smallest absolute Gasteiger partial charge is 0.212 e. The van der Waals surface area contributed by atoms with Gasteiger partial charge in [-0.3, -0.25) is 4.79 Å². The van der Waals surface area contributed by atoms with Crippen LogP contribution in [0.1, 0.15) is 23.3 Å². The molecule has 1 aliphatic rings. The minimum absolute atomic E-state index is 0.153. The fraction of sp³-hybridized carbons (Fsp3) is 0.400. The number of aromatic nitrogens is 1. The molecule has 0 amide bonds. The molecule has 1 aromatic heterocycles. The maximum atomic E-state index is 12.5. The van der Waals surface area contributed by atoms with Gasteiger partial charge in [-0.25, -0.2) is 9.37 Å². The lowest BCUT2D eigenvalue weighted by Crippen LogP contribution is -2.25. The Morgan fingerprint density at radius 3 is 2.71 bits per heavy atom. The summed E-state index contributed by atoms with van der Waals surface area (Å²) >= 11 is 0. The van der Waals surface area contributed by atoms with Crippen LogP contribution in [0.5, 0.6) is 0 Å². The van der Waals surface area contributed by atoms with E-state index in [-0.39, 0.29) is 11.5 Å². The molecule has 0 spiro atoms. The Kier molecular flexibility index (Phi) is 2.07. The Morgan fingerprint density at radius 1 is 1.57 bits per heavy atom. The summed E-state index contributed by atoms with van der Waals surface area (Å²) in [6.45, 7) is 0. The summed E-state index contributed by atoms with van der Waals surface area (Å²) in [5.74, 6) is -0.594. The normalized spacial score (nSPS) is 17.9. The summed E-state index contributed by atoms with van der Waals surface area (Å²) in [7, 11) is 1.51. The average Bonchev–Trinajstić information content (AvgIpc) is 2.99. The van der Waals surface area contributed by atoms with Crippen LogP contribution in [0, 0.1) is 5.82 Å². The van der Waals surface area contributed by atoms with E-state index in [4.69, 9.17) is 4.74 Å². The number of halogens is 1. The van der Waals surface area contributed by atoms with E-state index in [1.807, 2.05) is 0 Å². The van der Waals surface area contributed by atoms with Crippen LogP contribution in [0.25, 0.3) is 0 Å². The van der Waals surface area contributed by atoms with Crippen LogP contribution in [-0.4, -0.2) is 23.5 Å². The first kappa shape index (κ1) is 9.27. The highest BCUT2D eigenvalue weighted by atomic mass is 19.1. The monoisotopic (exact) mass is 195 g/mol. The van der Waals surface area contributed by atoms with Crippen molar-refractivity contribution in [3.63, 3.8) is 0 Å². The van der Waals surface area contributed by atoms with Gasteiger partial charge in [0, 0.05) is 7.11 Å². The molecule has 3 nitrogen and oxygen atoms in total. The largest absolute Gasteiger partial charge is 0.370 e. The third-order valence-electron chi connectivity index (χ3n) is 2.47. The SMILES string of the molecule is COC1(C(=O)c2ccc(F)cn2)CC1. The molecule has 0 atom stereocenters. The van der Waals surface area contributed by atoms with Crippen molar-refractivity contribution >= 4 is 5.78 Å². The summed E-state index contributed by atoms with van der Waals surface area (Å²) in [5, 5.41) is 0. The number of rotatable bonds is 3. The molecular formula is C10H10FNO2. The van der Waals surface area contributed by atoms with Gasteiger partial charge in [0.05, 0.1) is 6.20 Å². The molecule has 1 aromatic rings. The third kappa shape index (κ3) is 1.42. The topological polar surface area (TPSA) is 39.2 Å². The Labute approximate surface area is 80.9 Å². The zero-order valence-corrected chi connectivity index (χ0v) is 7.79. The molecule has 0 radical (unpaired) electrons. The quantitative estimate of drug-likeness (QED) is 0.687. The fourth-order valence-corrected chi connectivity index (χ4v) is 1.38. The number of methoxy groups -OCH3 is 1. The van der Waals surface area contributed by atoms with Crippen LogP contribution in [0.4, 0.5) is 4.39 Å². The molecule has 1 fully saturated rings. The molecule has 4 heteroatoms. The molecule has 0 saturated heterocycles. The standard InChI is InChI=1S/C10H10FNO2/c1-14-10(4-5-10)9(13)8-3-2-7(11)6-12-8/h2-3,6H,4-5H2,1H3. The maximum absolute atomic E-state index is 12.5. The van der Waals surface area contributed by atoms with Gasteiger partial charge in [0.25, 0.3) is 0 Å². The number of hydrogen-bond donors (Lipinski definition) is 0. The van der Waals surface area contributed by atoms with Gasteiger partial charge in [0.1, 0.15) is 17.1 Å². The van der Waals surface area contributed by atoms with Gasteiger partial charge < -0.3 is 4.74 Å². The zero-order chi connectivity index (χ0) is 10.2. The van der Waals surface area contributed by atoms with E-state index in [9.17, 15) is 9.18 Å². The molecule has 0 bridgehead atoms. The number of hydrogen-bond acceptors (Lipinski definition) is 3. The summed E-state index contributed by atoms with van der Waals surface area (Å²) in [6.07, 6.45) is 2.49. The van der Waals surface area contributed by atoms with E-state index in [1.165, 1.54) is 19.2 Å². The Balaban J connectivity index is 2.23. The van der Waals surface area contributed by atoms with Crippen LogP contribution in [0.3, 0.4) is 0 Å². The lowest BCUT2D eigenvalue weighted by molar-refractivity contribution is 0.0510. The molecule has 1 heterocycles. The Bertz CT molecular complexity index is 357. The third-order valence-corrected chi connectivity index (χ3v) is 2.47. The summed E-state index contributed by atoms with van der Waals surface area (Å²) in [4.78, 5) is 15.5. The first-order valence-corrected chi connectivity index (χ1v) is 4.39. The number of carbonyl (C=O) groups is 1. The van der Waals surface area contributed by atoms with Crippen LogP contribution < -0.4 is 0 Å². The van der Waals surface area contributed by atoms with Crippen molar-refractivity contribution in [3.05, 3.63) is 29.8 Å². The highest BCUT2D eigenvalue weighted by Gasteiger charge is 2.51. The molecule has 14 heavy (non-hydrogen) atoms. The summed E-state index contributed by atoms with van der Waals surface area (Å²) in [5.41, 5.74) is -0.407. The molecule has 0 aliphatic heterocycles. The van der Waals surface area contributed by atoms with Gasteiger partial charge in [0.2, 0.25) is 5.78 Å². The molecule has 0 N–H and O–H groups in total. The summed E-state index contributed by atoms with van der Waals surface area (Å²) < 4.78 is 17.7. The van der Waals surface area contributed by atoms with Gasteiger partial charge in [-0.1, -0.05) is 0 Å². The number of ketones is 1. The molecule has 74 valence electrons. The molecule has 0 aromatic carbocycles. The predicted molar refractivity (Wildman–Crippen MR) is 47.5 cm³/mol. The van der Waals surface area contributed by atoms with Gasteiger partial charge >= 0.3 is 0 Å². The minimum atomic E-state index is -0.676. The number of pyridine rings is 1. The van der Waals surface area contributed by atoms with E-state index in [0.717, 1.165) is 19.0 Å². The second kappa shape index (κ2) is 3.13. The van der Waals surface area contributed by atoms with Gasteiger partial charge in [-0.2, -0.15) is 0 Å². The first-order chi connectivity index (χ1) is 6.68. The highest BCUT2D eigenvalue weighted by Crippen LogP contribution is 2.41. The van der Waals surface area contributed by atoms with Crippen molar-refractivity contribution in [2.24, 2.45) is 0 Å². The van der Waals surface area contributed by atoms with E-state index in [1.54, 1.807) is 0 Å². The van der Waals surface area contributed by atoms with Crippen LogP contribution >= 0.6 is 0 Å². The summed E-state index contributed by atoms with van der Waals surface area (Å²) in [6, 6.07) is 2.61. The molecular weight excluding hydrogens is 185 g/mol. The predicted octanol–water partition coefficient (Wildman–Crippen LogP) is 1.58. The van der Waals surface area contributed by atoms with Crippen molar-refractivity contribution in [2.45, 2.75) is 18.4 Å². The van der Waals surface area contributed by atoms with Gasteiger partial charge in [-0.15, -0.1) is 0 Å². The second-order valence-corrected chi connectivity index (χ2v) is 3.39. The number of carbonyl (C=O) groups excluding carboxylic acids is 1. The van der Waals surface area contributed by atoms with Gasteiger partial charge in [-0.05, 0) is 25.0 Å². The van der Waals surface area contributed by atoms with Crippen molar-refractivity contribution in [1.82, 2.24) is 4.98 Å². The van der Waals surface area contributed by atoms with E-state index in [2.05, 4.69) is 4.98 Å². The zero-order valence-electron chi connectivity index (χ0n) is 7.79. The second-order valence-electron chi connectivity index (χ2n) is 3.39. The van der Waals surface area contributed by atoms with E-state index < -0.39 is 11.4 Å². The number of Topliss-reactive ketones (excluding diaryl/α,β-unsaturated/α-hetero) is 1. The lowest BCUT2D eigenvalue weighted by Gasteiger charge is -2.10. The van der Waals surface area contributed by atoms with E-state index >= 15 is 0 Å². The van der Waals surface area contributed by atoms with Crippen molar-refractivity contribution in [1.29, 1.82) is 0 Å².